The molecule has 0 aromatic carbocycles. The van der Waals surface area contributed by atoms with E-state index in [4.69, 9.17) is 0 Å². The summed E-state index contributed by atoms with van der Waals surface area (Å²) in [6.45, 7) is 2.03. The summed E-state index contributed by atoms with van der Waals surface area (Å²) in [6, 6.07) is 1.88. The summed E-state index contributed by atoms with van der Waals surface area (Å²) in [7, 11) is 0. The maximum Gasteiger partial charge on any atom is 0.270 e. The lowest BCUT2D eigenvalue weighted by molar-refractivity contribution is -0.136. The number of aromatic nitrogens is 1. The molecular weight excluding hydrogens is 298 g/mol. The summed E-state index contributed by atoms with van der Waals surface area (Å²) in [5, 5.41) is 3.83. The molecule has 0 bridgehead atoms. The molecule has 3 rings (SSSR count). The molecule has 8 nitrogen and oxygen atoms in total. The Labute approximate surface area is 133 Å². The monoisotopic (exact) mass is 317 g/mol. The summed E-state index contributed by atoms with van der Waals surface area (Å²) >= 11 is 0. The Morgan fingerprint density at radius 2 is 1.87 bits per heavy atom. The first kappa shape index (κ1) is 15.3. The number of hydrogen-bond donors (Lipinski definition) is 2. The van der Waals surface area contributed by atoms with Crippen LogP contribution in [0, 0.1) is 0 Å². The number of piperazine rings is 1. The van der Waals surface area contributed by atoms with Gasteiger partial charge in [0.2, 0.25) is 11.8 Å². The highest BCUT2D eigenvalue weighted by molar-refractivity contribution is 6.39. The van der Waals surface area contributed by atoms with Crippen molar-refractivity contribution in [1.82, 2.24) is 20.2 Å². The Kier molecular flexibility index (Phi) is 4.40. The molecule has 2 aliphatic heterocycles. The average Bonchev–Trinajstić information content (AvgIpc) is 3.08. The molecule has 3 heterocycles. The normalized spacial score (nSPS) is 18.4. The third-order valence-electron chi connectivity index (χ3n) is 4.09. The fourth-order valence-electron chi connectivity index (χ4n) is 2.72. The van der Waals surface area contributed by atoms with E-state index in [1.807, 2.05) is 12.3 Å². The van der Waals surface area contributed by atoms with Crippen LogP contribution in [0.1, 0.15) is 18.4 Å². The zero-order valence-corrected chi connectivity index (χ0v) is 12.7. The predicted molar refractivity (Wildman–Crippen MR) is 82.5 cm³/mol. The molecular formula is C15H19N5O3. The Balaban J connectivity index is 1.51. The van der Waals surface area contributed by atoms with Crippen LogP contribution in [-0.4, -0.2) is 64.4 Å². The molecule has 2 aliphatic rings. The minimum Gasteiger partial charge on any atom is -0.367 e. The van der Waals surface area contributed by atoms with Gasteiger partial charge < -0.3 is 14.8 Å². The molecule has 0 saturated carbocycles. The second kappa shape index (κ2) is 6.64. The SMILES string of the molecule is O=C1CCC(C(=O)N2CCN(C(=O)Cc3cc[nH]c3)CC2)=NN1. The van der Waals surface area contributed by atoms with Crippen molar-refractivity contribution in [3.05, 3.63) is 24.0 Å². The first-order valence-electron chi connectivity index (χ1n) is 7.67. The third kappa shape index (κ3) is 3.58. The largest absolute Gasteiger partial charge is 0.367 e. The van der Waals surface area contributed by atoms with E-state index in [0.29, 0.717) is 51.2 Å². The number of nitrogens with zero attached hydrogens (tertiary/aromatic N) is 3. The van der Waals surface area contributed by atoms with E-state index in [2.05, 4.69) is 15.5 Å². The number of aromatic amines is 1. The van der Waals surface area contributed by atoms with Crippen molar-refractivity contribution in [3.8, 4) is 0 Å². The van der Waals surface area contributed by atoms with Crippen LogP contribution in [0.3, 0.4) is 0 Å². The molecule has 2 N–H and O–H groups in total. The highest BCUT2D eigenvalue weighted by atomic mass is 16.2. The molecule has 0 spiro atoms. The first-order chi connectivity index (χ1) is 11.1. The minimum atomic E-state index is -0.165. The van der Waals surface area contributed by atoms with Crippen LogP contribution in [-0.2, 0) is 20.8 Å². The van der Waals surface area contributed by atoms with Gasteiger partial charge in [-0.05, 0) is 11.6 Å². The van der Waals surface area contributed by atoms with Gasteiger partial charge in [0.15, 0.2) is 0 Å². The van der Waals surface area contributed by atoms with E-state index in [9.17, 15) is 14.4 Å². The van der Waals surface area contributed by atoms with Crippen LogP contribution in [0.2, 0.25) is 0 Å². The molecule has 1 fully saturated rings. The molecule has 1 aromatic heterocycles. The van der Waals surface area contributed by atoms with Gasteiger partial charge in [-0.15, -0.1) is 0 Å². The van der Waals surface area contributed by atoms with Crippen LogP contribution in [0.15, 0.2) is 23.6 Å². The second-order valence-corrected chi connectivity index (χ2v) is 5.66. The Morgan fingerprint density at radius 1 is 1.13 bits per heavy atom. The lowest BCUT2D eigenvalue weighted by Crippen LogP contribution is -2.53. The summed E-state index contributed by atoms with van der Waals surface area (Å²) in [5.41, 5.74) is 3.68. The predicted octanol–water partition coefficient (Wildman–Crippen LogP) is -0.506. The van der Waals surface area contributed by atoms with Crippen molar-refractivity contribution in [2.75, 3.05) is 26.2 Å². The lowest BCUT2D eigenvalue weighted by atomic mass is 10.1. The molecule has 0 radical (unpaired) electrons. The maximum atomic E-state index is 12.3. The number of amides is 3. The number of hydrogen-bond acceptors (Lipinski definition) is 4. The Bertz CT molecular complexity index is 630. The van der Waals surface area contributed by atoms with Crippen molar-refractivity contribution in [2.24, 2.45) is 5.10 Å². The first-order valence-corrected chi connectivity index (χ1v) is 7.67. The fraction of sp³-hybridized carbons (Fsp3) is 0.467. The van der Waals surface area contributed by atoms with Crippen LogP contribution in [0.4, 0.5) is 0 Å². The van der Waals surface area contributed by atoms with Gasteiger partial charge in [0.25, 0.3) is 5.91 Å². The Hall–Kier alpha value is -2.64. The minimum absolute atomic E-state index is 0.0685. The van der Waals surface area contributed by atoms with Gasteiger partial charge in [-0.3, -0.25) is 14.4 Å². The van der Waals surface area contributed by atoms with E-state index in [1.165, 1.54) is 0 Å². The molecule has 23 heavy (non-hydrogen) atoms. The number of hydrazone groups is 1. The zero-order valence-electron chi connectivity index (χ0n) is 12.7. The molecule has 1 saturated heterocycles. The number of rotatable bonds is 3. The van der Waals surface area contributed by atoms with E-state index < -0.39 is 0 Å². The fourth-order valence-corrected chi connectivity index (χ4v) is 2.72. The van der Waals surface area contributed by atoms with Gasteiger partial charge in [-0.2, -0.15) is 5.10 Å². The van der Waals surface area contributed by atoms with Gasteiger partial charge in [0.05, 0.1) is 6.42 Å². The quantitative estimate of drug-likeness (QED) is 0.786. The molecule has 8 heteroatoms. The van der Waals surface area contributed by atoms with Gasteiger partial charge in [0, 0.05) is 51.4 Å². The average molecular weight is 317 g/mol. The smallest absolute Gasteiger partial charge is 0.270 e. The van der Waals surface area contributed by atoms with E-state index in [0.717, 1.165) is 5.56 Å². The van der Waals surface area contributed by atoms with E-state index >= 15 is 0 Å². The number of carbonyl (C=O) groups is 3. The number of H-pyrrole nitrogens is 1. The summed E-state index contributed by atoms with van der Waals surface area (Å²) in [4.78, 5) is 42.0. The van der Waals surface area contributed by atoms with Gasteiger partial charge in [0.1, 0.15) is 5.71 Å². The van der Waals surface area contributed by atoms with Crippen molar-refractivity contribution in [1.29, 1.82) is 0 Å². The maximum absolute atomic E-state index is 12.3. The summed E-state index contributed by atoms with van der Waals surface area (Å²) < 4.78 is 0. The standard InChI is InChI=1S/C15H19N5O3/c21-13-2-1-12(17-18-13)15(23)20-7-5-19(6-8-20)14(22)9-11-3-4-16-10-11/h3-4,10,16H,1-2,5-9H2,(H,18,21). The van der Waals surface area contributed by atoms with Gasteiger partial charge in [-0.1, -0.05) is 0 Å². The molecule has 1 aromatic rings. The summed E-state index contributed by atoms with van der Waals surface area (Å²) in [6.07, 6.45) is 4.64. The van der Waals surface area contributed by atoms with Gasteiger partial charge in [-0.25, -0.2) is 5.43 Å². The van der Waals surface area contributed by atoms with Crippen LogP contribution in [0.25, 0.3) is 0 Å². The van der Waals surface area contributed by atoms with Gasteiger partial charge >= 0.3 is 0 Å². The second-order valence-electron chi connectivity index (χ2n) is 5.66. The van der Waals surface area contributed by atoms with Crippen LogP contribution < -0.4 is 5.43 Å². The molecule has 3 amide bonds. The Morgan fingerprint density at radius 3 is 2.48 bits per heavy atom. The van der Waals surface area contributed by atoms with Crippen molar-refractivity contribution >= 4 is 23.4 Å². The topological polar surface area (TPSA) is 97.9 Å². The highest BCUT2D eigenvalue weighted by Crippen LogP contribution is 2.09. The molecule has 0 aliphatic carbocycles. The lowest BCUT2D eigenvalue weighted by Gasteiger charge is -2.35. The van der Waals surface area contributed by atoms with Crippen LogP contribution in [0.5, 0.6) is 0 Å². The van der Waals surface area contributed by atoms with Crippen molar-refractivity contribution in [3.63, 3.8) is 0 Å². The molecule has 0 unspecified atom stereocenters. The number of carbonyl (C=O) groups excluding carboxylic acids is 3. The van der Waals surface area contributed by atoms with E-state index in [1.54, 1.807) is 16.0 Å². The van der Waals surface area contributed by atoms with Crippen LogP contribution >= 0.6 is 0 Å². The molecule has 122 valence electrons. The van der Waals surface area contributed by atoms with Crippen molar-refractivity contribution in [2.45, 2.75) is 19.3 Å². The molecule has 0 atom stereocenters. The highest BCUT2D eigenvalue weighted by Gasteiger charge is 2.28. The third-order valence-corrected chi connectivity index (χ3v) is 4.09. The number of nitrogens with one attached hydrogen (secondary N) is 2. The van der Waals surface area contributed by atoms with E-state index in [-0.39, 0.29) is 17.7 Å². The summed E-state index contributed by atoms with van der Waals surface area (Å²) in [5.74, 6) is -0.247. The van der Waals surface area contributed by atoms with Crippen molar-refractivity contribution < 1.29 is 14.4 Å². The zero-order chi connectivity index (χ0) is 16.2.